The van der Waals surface area contributed by atoms with Gasteiger partial charge in [-0.25, -0.2) is 0 Å². The molecule has 0 aliphatic heterocycles. The van der Waals surface area contributed by atoms with Crippen LogP contribution in [0.15, 0.2) is 102 Å². The zero-order chi connectivity index (χ0) is 15.5. The molecule has 2 bridgehead atoms. The van der Waals surface area contributed by atoms with Crippen LogP contribution in [0, 0.1) is 0 Å². The molecule has 0 amide bonds. The van der Waals surface area contributed by atoms with Crippen LogP contribution in [0.4, 0.5) is 0 Å². The van der Waals surface area contributed by atoms with Crippen molar-refractivity contribution in [2.24, 2.45) is 0 Å². The summed E-state index contributed by atoms with van der Waals surface area (Å²) >= 11 is 0. The van der Waals surface area contributed by atoms with Gasteiger partial charge in [0.05, 0.1) is 0 Å². The average Bonchev–Trinajstić information content (AvgIpc) is 2.96. The minimum Gasteiger partial charge on any atom is -0.0754 e. The van der Waals surface area contributed by atoms with Crippen molar-refractivity contribution in [3.8, 4) is 0 Å². The molecule has 0 nitrogen and oxygen atoms in total. The third-order valence-electron chi connectivity index (χ3n) is 4.75. The number of benzene rings is 2. The highest BCUT2D eigenvalue weighted by Crippen LogP contribution is 2.41. The fourth-order valence-electron chi connectivity index (χ4n) is 3.59. The topological polar surface area (TPSA) is 0 Å². The Hall–Kier alpha value is -2.60. The SMILES string of the molecule is C1=CC=C2CC(=C1)C(c1ccccc1)=CC[C@@H]2c1ccccc1. The summed E-state index contributed by atoms with van der Waals surface area (Å²) in [6.07, 6.45) is 13.5. The van der Waals surface area contributed by atoms with Crippen LogP contribution in [0.3, 0.4) is 0 Å². The van der Waals surface area contributed by atoms with Crippen molar-refractivity contribution in [1.82, 2.24) is 0 Å². The molecule has 0 fully saturated rings. The molecule has 23 heavy (non-hydrogen) atoms. The van der Waals surface area contributed by atoms with Crippen molar-refractivity contribution >= 4 is 5.57 Å². The predicted molar refractivity (Wildman–Crippen MR) is 98.1 cm³/mol. The van der Waals surface area contributed by atoms with Crippen LogP contribution < -0.4 is 0 Å². The minimum absolute atomic E-state index is 0.476. The second kappa shape index (κ2) is 6.26. The third-order valence-corrected chi connectivity index (χ3v) is 4.75. The van der Waals surface area contributed by atoms with Gasteiger partial charge < -0.3 is 0 Å². The Kier molecular flexibility index (Phi) is 3.81. The number of fused-ring (bicyclic) bond motifs is 2. The van der Waals surface area contributed by atoms with Gasteiger partial charge in [0.2, 0.25) is 0 Å². The van der Waals surface area contributed by atoms with E-state index in [1.54, 1.807) is 0 Å². The molecular formula is C23H20. The van der Waals surface area contributed by atoms with Gasteiger partial charge in [-0.05, 0) is 35.1 Å². The highest BCUT2D eigenvalue weighted by atomic mass is 14.3. The van der Waals surface area contributed by atoms with Crippen molar-refractivity contribution in [2.75, 3.05) is 0 Å². The Morgan fingerprint density at radius 1 is 0.739 bits per heavy atom. The van der Waals surface area contributed by atoms with Gasteiger partial charge in [0.25, 0.3) is 0 Å². The van der Waals surface area contributed by atoms with Gasteiger partial charge in [-0.2, -0.15) is 0 Å². The number of hydrogen-bond acceptors (Lipinski definition) is 0. The molecule has 0 spiro atoms. The molecule has 2 aromatic rings. The first-order chi connectivity index (χ1) is 11.4. The van der Waals surface area contributed by atoms with Crippen LogP contribution >= 0.6 is 0 Å². The van der Waals surface area contributed by atoms with E-state index in [-0.39, 0.29) is 0 Å². The minimum atomic E-state index is 0.476. The molecule has 1 atom stereocenters. The van der Waals surface area contributed by atoms with Gasteiger partial charge in [0.1, 0.15) is 0 Å². The van der Waals surface area contributed by atoms with Crippen LogP contribution in [-0.2, 0) is 0 Å². The lowest BCUT2D eigenvalue weighted by Crippen LogP contribution is -2.00. The molecule has 0 aromatic heterocycles. The van der Waals surface area contributed by atoms with E-state index in [1.165, 1.54) is 27.8 Å². The fraction of sp³-hybridized carbons (Fsp3) is 0.130. The molecule has 4 rings (SSSR count). The summed E-state index contributed by atoms with van der Waals surface area (Å²) in [5.41, 5.74) is 7.07. The fourth-order valence-corrected chi connectivity index (χ4v) is 3.59. The van der Waals surface area contributed by atoms with Gasteiger partial charge in [0, 0.05) is 5.92 Å². The lowest BCUT2D eigenvalue weighted by Gasteiger charge is -2.18. The summed E-state index contributed by atoms with van der Waals surface area (Å²) < 4.78 is 0. The third kappa shape index (κ3) is 2.85. The highest BCUT2D eigenvalue weighted by Gasteiger charge is 2.22. The highest BCUT2D eigenvalue weighted by molar-refractivity contribution is 5.81. The number of allylic oxidation sites excluding steroid dienone is 8. The second-order valence-corrected chi connectivity index (χ2v) is 6.18. The molecule has 0 saturated carbocycles. The van der Waals surface area contributed by atoms with Gasteiger partial charge in [-0.1, -0.05) is 96.6 Å². The maximum atomic E-state index is 2.43. The summed E-state index contributed by atoms with van der Waals surface area (Å²) in [5.74, 6) is 0.476. The summed E-state index contributed by atoms with van der Waals surface area (Å²) in [5, 5.41) is 0. The maximum Gasteiger partial charge on any atom is 0.00894 e. The van der Waals surface area contributed by atoms with Crippen LogP contribution in [0.2, 0.25) is 0 Å². The lowest BCUT2D eigenvalue weighted by atomic mass is 9.86. The molecule has 2 aliphatic carbocycles. The van der Waals surface area contributed by atoms with E-state index in [0.717, 1.165) is 12.8 Å². The average molecular weight is 296 g/mol. The molecule has 112 valence electrons. The molecular weight excluding hydrogens is 276 g/mol. The van der Waals surface area contributed by atoms with Crippen LogP contribution in [0.25, 0.3) is 5.57 Å². The van der Waals surface area contributed by atoms with E-state index in [9.17, 15) is 0 Å². The van der Waals surface area contributed by atoms with Crippen LogP contribution in [0.1, 0.15) is 29.9 Å². The van der Waals surface area contributed by atoms with Gasteiger partial charge in [0.15, 0.2) is 0 Å². The van der Waals surface area contributed by atoms with E-state index < -0.39 is 0 Å². The number of hydrogen-bond donors (Lipinski definition) is 0. The van der Waals surface area contributed by atoms with Crippen molar-refractivity contribution in [3.05, 3.63) is 113 Å². The smallest absolute Gasteiger partial charge is 0.00894 e. The molecule has 0 heteroatoms. The first kappa shape index (κ1) is 14.0. The zero-order valence-electron chi connectivity index (χ0n) is 13.2. The van der Waals surface area contributed by atoms with E-state index in [2.05, 4.69) is 91.0 Å². The second-order valence-electron chi connectivity index (χ2n) is 6.18. The van der Waals surface area contributed by atoms with Gasteiger partial charge in [-0.15, -0.1) is 0 Å². The van der Waals surface area contributed by atoms with Crippen LogP contribution in [0.5, 0.6) is 0 Å². The maximum absolute atomic E-state index is 2.43. The predicted octanol–water partition coefficient (Wildman–Crippen LogP) is 6.07. The summed E-state index contributed by atoms with van der Waals surface area (Å²) in [4.78, 5) is 0. The van der Waals surface area contributed by atoms with Crippen molar-refractivity contribution in [1.29, 1.82) is 0 Å². The molecule has 2 aromatic carbocycles. The van der Waals surface area contributed by atoms with Crippen molar-refractivity contribution in [3.63, 3.8) is 0 Å². The van der Waals surface area contributed by atoms with Gasteiger partial charge in [-0.3, -0.25) is 0 Å². The molecule has 0 N–H and O–H groups in total. The summed E-state index contributed by atoms with van der Waals surface area (Å²) in [6, 6.07) is 21.7. The monoisotopic (exact) mass is 296 g/mol. The van der Waals surface area contributed by atoms with E-state index >= 15 is 0 Å². The molecule has 2 aliphatic rings. The normalized spacial score (nSPS) is 20.0. The summed E-state index contributed by atoms with van der Waals surface area (Å²) in [6.45, 7) is 0. The molecule has 0 radical (unpaired) electrons. The largest absolute Gasteiger partial charge is 0.0754 e. The Bertz CT molecular complexity index is 802. The standard InChI is InChI=1S/C23H20/c1-3-9-18(10-4-1)22-15-16-23(19-11-5-2-6-12-19)21-14-8-7-13-20(22)17-21/h1-15,23H,16-17H2/t23-/m1/s1. The van der Waals surface area contributed by atoms with Crippen molar-refractivity contribution < 1.29 is 0 Å². The van der Waals surface area contributed by atoms with Gasteiger partial charge >= 0.3 is 0 Å². The molecule has 0 saturated heterocycles. The quantitative estimate of drug-likeness (QED) is 0.631. The summed E-state index contributed by atoms with van der Waals surface area (Å²) in [7, 11) is 0. The zero-order valence-corrected chi connectivity index (χ0v) is 13.2. The first-order valence-electron chi connectivity index (χ1n) is 8.29. The first-order valence-corrected chi connectivity index (χ1v) is 8.29. The van der Waals surface area contributed by atoms with Crippen molar-refractivity contribution in [2.45, 2.75) is 18.8 Å². The Balaban J connectivity index is 1.80. The van der Waals surface area contributed by atoms with E-state index in [4.69, 9.17) is 0 Å². The lowest BCUT2D eigenvalue weighted by molar-refractivity contribution is 0.794. The number of rotatable bonds is 2. The van der Waals surface area contributed by atoms with E-state index in [0.29, 0.717) is 5.92 Å². The van der Waals surface area contributed by atoms with Crippen LogP contribution in [-0.4, -0.2) is 0 Å². The Morgan fingerprint density at radius 3 is 2.22 bits per heavy atom. The van der Waals surface area contributed by atoms with E-state index in [1.807, 2.05) is 0 Å². The molecule has 0 unspecified atom stereocenters. The Labute approximate surface area is 138 Å². The molecule has 0 heterocycles. The Morgan fingerprint density at radius 2 is 1.43 bits per heavy atom.